The molecule has 1 atom stereocenters. The summed E-state index contributed by atoms with van der Waals surface area (Å²) in [5.41, 5.74) is 1.32. The van der Waals surface area contributed by atoms with Crippen molar-refractivity contribution in [3.63, 3.8) is 0 Å². The van der Waals surface area contributed by atoms with Gasteiger partial charge in [0.05, 0.1) is 24.1 Å². The fourth-order valence-corrected chi connectivity index (χ4v) is 2.56. The topological polar surface area (TPSA) is 66.9 Å². The maximum atomic E-state index is 12.4. The number of amides is 1. The van der Waals surface area contributed by atoms with Crippen LogP contribution in [0.3, 0.4) is 0 Å². The van der Waals surface area contributed by atoms with E-state index in [2.05, 4.69) is 20.6 Å². The Morgan fingerprint density at radius 2 is 2.25 bits per heavy atom. The molecule has 0 bridgehead atoms. The number of nitrogens with zero attached hydrogens (tertiary/aromatic N) is 2. The molecule has 5 nitrogen and oxygen atoms in total. The van der Waals surface area contributed by atoms with Gasteiger partial charge in [-0.25, -0.2) is 0 Å². The van der Waals surface area contributed by atoms with Crippen LogP contribution in [-0.2, 0) is 11.3 Å². The summed E-state index contributed by atoms with van der Waals surface area (Å²) in [7, 11) is 0. The molecule has 1 aliphatic rings. The molecule has 5 heteroatoms. The Bertz CT molecular complexity index is 449. The molecule has 20 heavy (non-hydrogen) atoms. The van der Waals surface area contributed by atoms with Gasteiger partial charge in [-0.2, -0.15) is 0 Å². The van der Waals surface area contributed by atoms with Crippen molar-refractivity contribution in [1.29, 1.82) is 0 Å². The van der Waals surface area contributed by atoms with Gasteiger partial charge in [0, 0.05) is 11.6 Å². The smallest absolute Gasteiger partial charge is 0.226 e. The molecule has 1 fully saturated rings. The molecule has 1 aromatic heterocycles. The third kappa shape index (κ3) is 3.54. The Morgan fingerprint density at radius 1 is 1.45 bits per heavy atom. The molecular weight excluding hydrogens is 252 g/mol. The Kier molecular flexibility index (Phi) is 4.70. The second-order valence-electron chi connectivity index (χ2n) is 6.10. The highest BCUT2D eigenvalue weighted by atomic mass is 16.2. The van der Waals surface area contributed by atoms with E-state index in [1.807, 2.05) is 20.8 Å². The summed E-state index contributed by atoms with van der Waals surface area (Å²) in [6.45, 7) is 8.38. The minimum atomic E-state index is -0.356. The van der Waals surface area contributed by atoms with E-state index < -0.39 is 0 Å². The van der Waals surface area contributed by atoms with Crippen molar-refractivity contribution in [2.75, 3.05) is 13.1 Å². The van der Waals surface area contributed by atoms with Crippen LogP contribution in [0.4, 0.5) is 0 Å². The number of carbonyl (C=O) groups is 1. The van der Waals surface area contributed by atoms with E-state index in [1.165, 1.54) is 0 Å². The van der Waals surface area contributed by atoms with E-state index in [4.69, 9.17) is 0 Å². The van der Waals surface area contributed by atoms with Crippen molar-refractivity contribution in [3.05, 3.63) is 23.8 Å². The molecular formula is C15H24N4O. The zero-order chi connectivity index (χ0) is 14.6. The SMILES string of the molecule is Cc1cnc(CNC(=O)C(C)(C)C2CCCNC2)cn1. The van der Waals surface area contributed by atoms with Gasteiger partial charge >= 0.3 is 0 Å². The zero-order valence-electron chi connectivity index (χ0n) is 12.6. The quantitative estimate of drug-likeness (QED) is 0.873. The van der Waals surface area contributed by atoms with Crippen molar-refractivity contribution < 1.29 is 4.79 Å². The van der Waals surface area contributed by atoms with E-state index in [9.17, 15) is 4.79 Å². The molecule has 2 rings (SSSR count). The molecule has 2 N–H and O–H groups in total. The van der Waals surface area contributed by atoms with E-state index in [-0.39, 0.29) is 11.3 Å². The maximum Gasteiger partial charge on any atom is 0.226 e. The standard InChI is InChI=1S/C15H24N4O/c1-11-7-18-13(9-17-11)10-19-14(20)15(2,3)12-5-4-6-16-8-12/h7,9,12,16H,4-6,8,10H2,1-3H3,(H,19,20). The molecule has 0 aromatic carbocycles. The highest BCUT2D eigenvalue weighted by molar-refractivity contribution is 5.82. The van der Waals surface area contributed by atoms with E-state index in [0.29, 0.717) is 12.5 Å². The number of aryl methyl sites for hydroxylation is 1. The number of aromatic nitrogens is 2. The number of hydrogen-bond donors (Lipinski definition) is 2. The van der Waals surface area contributed by atoms with Gasteiger partial charge in [-0.15, -0.1) is 0 Å². The molecule has 1 aromatic rings. The number of carbonyl (C=O) groups excluding carboxylic acids is 1. The van der Waals surface area contributed by atoms with Gasteiger partial charge in [0.1, 0.15) is 0 Å². The monoisotopic (exact) mass is 276 g/mol. The van der Waals surface area contributed by atoms with Crippen LogP contribution in [0, 0.1) is 18.3 Å². The fourth-order valence-electron chi connectivity index (χ4n) is 2.56. The Morgan fingerprint density at radius 3 is 2.85 bits per heavy atom. The normalized spacial score (nSPS) is 19.6. The first-order chi connectivity index (χ1) is 9.50. The molecule has 1 saturated heterocycles. The first kappa shape index (κ1) is 14.9. The molecule has 1 amide bonds. The van der Waals surface area contributed by atoms with Crippen molar-refractivity contribution in [2.45, 2.75) is 40.2 Å². The zero-order valence-corrected chi connectivity index (χ0v) is 12.6. The lowest BCUT2D eigenvalue weighted by molar-refractivity contribution is -0.132. The first-order valence-corrected chi connectivity index (χ1v) is 7.26. The molecule has 0 spiro atoms. The second-order valence-corrected chi connectivity index (χ2v) is 6.10. The molecule has 1 aliphatic heterocycles. The largest absolute Gasteiger partial charge is 0.350 e. The highest BCUT2D eigenvalue weighted by Crippen LogP contribution is 2.31. The third-order valence-corrected chi connectivity index (χ3v) is 4.17. The Labute approximate surface area is 120 Å². The molecule has 0 radical (unpaired) electrons. The van der Waals surface area contributed by atoms with Gasteiger partial charge in [0.25, 0.3) is 0 Å². The molecule has 110 valence electrons. The van der Waals surface area contributed by atoms with Crippen LogP contribution in [-0.4, -0.2) is 29.0 Å². The fraction of sp³-hybridized carbons (Fsp3) is 0.667. The van der Waals surface area contributed by atoms with Crippen LogP contribution in [0.25, 0.3) is 0 Å². The second kappa shape index (κ2) is 6.31. The van der Waals surface area contributed by atoms with Crippen molar-refractivity contribution in [3.8, 4) is 0 Å². The number of nitrogens with one attached hydrogen (secondary N) is 2. The van der Waals surface area contributed by atoms with E-state index in [1.54, 1.807) is 12.4 Å². The summed E-state index contributed by atoms with van der Waals surface area (Å²) >= 11 is 0. The lowest BCUT2D eigenvalue weighted by atomic mass is 9.74. The highest BCUT2D eigenvalue weighted by Gasteiger charge is 2.37. The predicted molar refractivity (Wildman–Crippen MR) is 78.0 cm³/mol. The minimum Gasteiger partial charge on any atom is -0.350 e. The van der Waals surface area contributed by atoms with Gasteiger partial charge in [-0.1, -0.05) is 13.8 Å². The van der Waals surface area contributed by atoms with Crippen molar-refractivity contribution in [1.82, 2.24) is 20.6 Å². The molecule has 2 heterocycles. The van der Waals surface area contributed by atoms with Crippen LogP contribution in [0.5, 0.6) is 0 Å². The van der Waals surface area contributed by atoms with Crippen molar-refractivity contribution >= 4 is 5.91 Å². The predicted octanol–water partition coefficient (Wildman–Crippen LogP) is 1.43. The summed E-state index contributed by atoms with van der Waals surface area (Å²) in [6.07, 6.45) is 5.69. The lowest BCUT2D eigenvalue weighted by Gasteiger charge is -2.36. The maximum absolute atomic E-state index is 12.4. The van der Waals surface area contributed by atoms with E-state index >= 15 is 0 Å². The minimum absolute atomic E-state index is 0.0913. The van der Waals surface area contributed by atoms with Gasteiger partial charge in [-0.05, 0) is 38.8 Å². The van der Waals surface area contributed by atoms with Crippen LogP contribution >= 0.6 is 0 Å². The van der Waals surface area contributed by atoms with Crippen LogP contribution in [0.1, 0.15) is 38.1 Å². The molecule has 0 aliphatic carbocycles. The Balaban J connectivity index is 1.91. The van der Waals surface area contributed by atoms with Crippen LogP contribution < -0.4 is 10.6 Å². The van der Waals surface area contributed by atoms with Crippen LogP contribution in [0.2, 0.25) is 0 Å². The summed E-state index contributed by atoms with van der Waals surface area (Å²) in [5, 5.41) is 6.36. The number of rotatable bonds is 4. The first-order valence-electron chi connectivity index (χ1n) is 7.26. The Hall–Kier alpha value is -1.49. The average molecular weight is 276 g/mol. The van der Waals surface area contributed by atoms with Gasteiger partial charge in [0.2, 0.25) is 5.91 Å². The van der Waals surface area contributed by atoms with Gasteiger partial charge in [-0.3, -0.25) is 14.8 Å². The number of hydrogen-bond acceptors (Lipinski definition) is 4. The average Bonchev–Trinajstić information content (AvgIpc) is 2.47. The molecule has 1 unspecified atom stereocenters. The summed E-state index contributed by atoms with van der Waals surface area (Å²) in [6, 6.07) is 0. The van der Waals surface area contributed by atoms with Crippen molar-refractivity contribution in [2.24, 2.45) is 11.3 Å². The lowest BCUT2D eigenvalue weighted by Crippen LogP contribution is -2.47. The van der Waals surface area contributed by atoms with E-state index in [0.717, 1.165) is 37.3 Å². The van der Waals surface area contributed by atoms with Gasteiger partial charge in [0.15, 0.2) is 0 Å². The summed E-state index contributed by atoms with van der Waals surface area (Å²) < 4.78 is 0. The third-order valence-electron chi connectivity index (χ3n) is 4.17. The summed E-state index contributed by atoms with van der Waals surface area (Å²) in [5.74, 6) is 0.480. The number of piperidine rings is 1. The summed E-state index contributed by atoms with van der Waals surface area (Å²) in [4.78, 5) is 20.9. The molecule has 0 saturated carbocycles. The van der Waals surface area contributed by atoms with Crippen LogP contribution in [0.15, 0.2) is 12.4 Å². The van der Waals surface area contributed by atoms with Gasteiger partial charge < -0.3 is 10.6 Å².